The van der Waals surface area contributed by atoms with Crippen molar-refractivity contribution < 1.29 is 0 Å². The van der Waals surface area contributed by atoms with Crippen LogP contribution in [0.1, 0.15) is 32.6 Å². The van der Waals surface area contributed by atoms with E-state index in [2.05, 4.69) is 66.5 Å². The number of hydrogen-bond acceptors (Lipinski definition) is 5. The van der Waals surface area contributed by atoms with Gasteiger partial charge in [-0.1, -0.05) is 37.3 Å². The number of anilines is 2. The second-order valence-electron chi connectivity index (χ2n) is 7.29. The van der Waals surface area contributed by atoms with Crippen LogP contribution in [0.5, 0.6) is 0 Å². The van der Waals surface area contributed by atoms with Crippen molar-refractivity contribution in [3.63, 3.8) is 0 Å². The summed E-state index contributed by atoms with van der Waals surface area (Å²) >= 11 is 0. The second-order valence-corrected chi connectivity index (χ2v) is 7.29. The Bertz CT molecular complexity index is 686. The minimum atomic E-state index is 0.546. The number of piperidine rings is 1. The maximum absolute atomic E-state index is 4.93. The van der Waals surface area contributed by atoms with Gasteiger partial charge in [-0.05, 0) is 39.8 Å². The Balaban J connectivity index is 1.91. The SMILES string of the molecule is CCC1CCCCN1c1nc(NCCN(C)C)cc(-c2ccccc2)n1. The minimum absolute atomic E-state index is 0.546. The summed E-state index contributed by atoms with van der Waals surface area (Å²) in [6.07, 6.45) is 4.90. The van der Waals surface area contributed by atoms with Gasteiger partial charge >= 0.3 is 0 Å². The van der Waals surface area contributed by atoms with Crippen molar-refractivity contribution in [2.75, 3.05) is 43.9 Å². The van der Waals surface area contributed by atoms with Crippen LogP contribution in [0.3, 0.4) is 0 Å². The molecule has 26 heavy (non-hydrogen) atoms. The van der Waals surface area contributed by atoms with Gasteiger partial charge in [-0.2, -0.15) is 4.98 Å². The molecule has 140 valence electrons. The Morgan fingerprint density at radius 3 is 2.69 bits per heavy atom. The molecule has 3 rings (SSSR count). The Morgan fingerprint density at radius 2 is 1.96 bits per heavy atom. The van der Waals surface area contributed by atoms with Crippen LogP contribution in [0.2, 0.25) is 0 Å². The summed E-state index contributed by atoms with van der Waals surface area (Å²) in [6, 6.07) is 13.0. The maximum Gasteiger partial charge on any atom is 0.228 e. The molecular formula is C21H31N5. The van der Waals surface area contributed by atoms with Crippen molar-refractivity contribution >= 4 is 11.8 Å². The third-order valence-corrected chi connectivity index (χ3v) is 5.00. The molecule has 0 spiro atoms. The van der Waals surface area contributed by atoms with Crippen molar-refractivity contribution in [1.29, 1.82) is 0 Å². The molecule has 2 heterocycles. The fourth-order valence-electron chi connectivity index (χ4n) is 3.51. The van der Waals surface area contributed by atoms with E-state index in [4.69, 9.17) is 9.97 Å². The number of aromatic nitrogens is 2. The van der Waals surface area contributed by atoms with Crippen LogP contribution < -0.4 is 10.2 Å². The van der Waals surface area contributed by atoms with E-state index in [1.54, 1.807) is 0 Å². The molecule has 0 bridgehead atoms. The first-order chi connectivity index (χ1) is 12.7. The summed E-state index contributed by atoms with van der Waals surface area (Å²) in [7, 11) is 4.17. The smallest absolute Gasteiger partial charge is 0.228 e. The Labute approximate surface area is 157 Å². The lowest BCUT2D eigenvalue weighted by atomic mass is 10.0. The molecule has 5 heteroatoms. The zero-order chi connectivity index (χ0) is 18.4. The van der Waals surface area contributed by atoms with Crippen molar-refractivity contribution in [2.24, 2.45) is 0 Å². The first-order valence-corrected chi connectivity index (χ1v) is 9.77. The molecule has 1 atom stereocenters. The molecule has 1 fully saturated rings. The van der Waals surface area contributed by atoms with Gasteiger partial charge in [0.05, 0.1) is 5.69 Å². The fraction of sp³-hybridized carbons (Fsp3) is 0.524. The molecular weight excluding hydrogens is 322 g/mol. The fourth-order valence-corrected chi connectivity index (χ4v) is 3.51. The van der Waals surface area contributed by atoms with Gasteiger partial charge in [0.25, 0.3) is 0 Å². The average Bonchev–Trinajstić information content (AvgIpc) is 2.68. The van der Waals surface area contributed by atoms with Crippen LogP contribution in [0.4, 0.5) is 11.8 Å². The number of rotatable bonds is 7. The zero-order valence-corrected chi connectivity index (χ0v) is 16.3. The quantitative estimate of drug-likeness (QED) is 0.818. The van der Waals surface area contributed by atoms with E-state index in [0.717, 1.165) is 49.1 Å². The average molecular weight is 354 g/mol. The standard InChI is InChI=1S/C21H31N5/c1-4-18-12-8-9-14-26(18)21-23-19(17-10-6-5-7-11-17)16-20(24-21)22-13-15-25(2)3/h5-7,10-11,16,18H,4,8-9,12-15H2,1-3H3,(H,22,23,24). The molecule has 1 aromatic heterocycles. The molecule has 2 aromatic rings. The molecule has 0 saturated carbocycles. The lowest BCUT2D eigenvalue weighted by Crippen LogP contribution is -2.40. The van der Waals surface area contributed by atoms with Gasteiger partial charge in [-0.3, -0.25) is 0 Å². The third-order valence-electron chi connectivity index (χ3n) is 5.00. The molecule has 0 aliphatic carbocycles. The van der Waals surface area contributed by atoms with Crippen LogP contribution in [0.25, 0.3) is 11.3 Å². The van der Waals surface area contributed by atoms with Crippen molar-refractivity contribution in [3.05, 3.63) is 36.4 Å². The Hall–Kier alpha value is -2.14. The first-order valence-electron chi connectivity index (χ1n) is 9.77. The lowest BCUT2D eigenvalue weighted by Gasteiger charge is -2.35. The molecule has 1 aromatic carbocycles. The highest BCUT2D eigenvalue weighted by Crippen LogP contribution is 2.28. The molecule has 1 saturated heterocycles. The minimum Gasteiger partial charge on any atom is -0.369 e. The van der Waals surface area contributed by atoms with Gasteiger partial charge in [0.2, 0.25) is 5.95 Å². The summed E-state index contributed by atoms with van der Waals surface area (Å²) in [5.41, 5.74) is 2.13. The summed E-state index contributed by atoms with van der Waals surface area (Å²) in [5, 5.41) is 3.48. The second kappa shape index (κ2) is 8.99. The largest absolute Gasteiger partial charge is 0.369 e. The number of nitrogens with one attached hydrogen (secondary N) is 1. The molecule has 5 nitrogen and oxygen atoms in total. The van der Waals surface area contributed by atoms with E-state index in [1.165, 1.54) is 19.3 Å². The van der Waals surface area contributed by atoms with Gasteiger partial charge in [0.15, 0.2) is 0 Å². The highest BCUT2D eigenvalue weighted by molar-refractivity contribution is 5.64. The van der Waals surface area contributed by atoms with E-state index < -0.39 is 0 Å². The van der Waals surface area contributed by atoms with Crippen molar-refractivity contribution in [3.8, 4) is 11.3 Å². The topological polar surface area (TPSA) is 44.3 Å². The van der Waals surface area contributed by atoms with Crippen LogP contribution in [-0.4, -0.2) is 54.6 Å². The van der Waals surface area contributed by atoms with Gasteiger partial charge in [-0.25, -0.2) is 4.98 Å². The number of hydrogen-bond donors (Lipinski definition) is 1. The predicted molar refractivity (Wildman–Crippen MR) is 110 cm³/mol. The Kier molecular flexibility index (Phi) is 6.45. The molecule has 1 aliphatic rings. The van der Waals surface area contributed by atoms with E-state index in [0.29, 0.717) is 6.04 Å². The monoisotopic (exact) mass is 353 g/mol. The van der Waals surface area contributed by atoms with Crippen molar-refractivity contribution in [1.82, 2.24) is 14.9 Å². The predicted octanol–water partition coefficient (Wildman–Crippen LogP) is 3.89. The van der Waals surface area contributed by atoms with Gasteiger partial charge in [-0.15, -0.1) is 0 Å². The first kappa shape index (κ1) is 18.6. The summed E-state index contributed by atoms with van der Waals surface area (Å²) in [6.45, 7) is 5.16. The Morgan fingerprint density at radius 1 is 1.15 bits per heavy atom. The van der Waals surface area contributed by atoms with Crippen LogP contribution >= 0.6 is 0 Å². The normalized spacial score (nSPS) is 17.5. The highest BCUT2D eigenvalue weighted by atomic mass is 15.3. The summed E-state index contributed by atoms with van der Waals surface area (Å²) in [4.78, 5) is 14.4. The third kappa shape index (κ3) is 4.73. The molecule has 1 aliphatic heterocycles. The molecule has 1 unspecified atom stereocenters. The van der Waals surface area contributed by atoms with E-state index in [9.17, 15) is 0 Å². The van der Waals surface area contributed by atoms with Crippen LogP contribution in [0, 0.1) is 0 Å². The highest BCUT2D eigenvalue weighted by Gasteiger charge is 2.24. The molecule has 0 radical (unpaired) electrons. The number of likely N-dealkylation sites (N-methyl/N-ethyl adjacent to an activating group) is 1. The van der Waals surface area contributed by atoms with Gasteiger partial charge in [0.1, 0.15) is 5.82 Å². The lowest BCUT2D eigenvalue weighted by molar-refractivity contribution is 0.425. The van der Waals surface area contributed by atoms with Crippen LogP contribution in [0.15, 0.2) is 36.4 Å². The van der Waals surface area contributed by atoms with Crippen molar-refractivity contribution in [2.45, 2.75) is 38.6 Å². The van der Waals surface area contributed by atoms with Gasteiger partial charge < -0.3 is 15.1 Å². The molecule has 1 N–H and O–H groups in total. The van der Waals surface area contributed by atoms with E-state index in [-0.39, 0.29) is 0 Å². The van der Waals surface area contributed by atoms with E-state index >= 15 is 0 Å². The maximum atomic E-state index is 4.93. The number of nitrogens with zero attached hydrogens (tertiary/aromatic N) is 4. The van der Waals surface area contributed by atoms with Crippen LogP contribution in [-0.2, 0) is 0 Å². The van der Waals surface area contributed by atoms with Gasteiger partial charge in [0, 0.05) is 37.3 Å². The summed E-state index contributed by atoms with van der Waals surface area (Å²) in [5.74, 6) is 1.78. The summed E-state index contributed by atoms with van der Waals surface area (Å²) < 4.78 is 0. The molecule has 0 amide bonds. The number of benzene rings is 1. The van der Waals surface area contributed by atoms with E-state index in [1.807, 2.05) is 6.07 Å². The zero-order valence-electron chi connectivity index (χ0n) is 16.3.